The summed E-state index contributed by atoms with van der Waals surface area (Å²) in [4.78, 5) is 25.7. The third-order valence-corrected chi connectivity index (χ3v) is 3.83. The van der Waals surface area contributed by atoms with Gasteiger partial charge in [-0.15, -0.1) is 13.2 Å². The van der Waals surface area contributed by atoms with Gasteiger partial charge in [0.25, 0.3) is 5.91 Å². The predicted octanol–water partition coefficient (Wildman–Crippen LogP) is 2.08. The number of nitrogens with zero attached hydrogens (tertiary/aromatic N) is 1. The highest BCUT2D eigenvalue weighted by Crippen LogP contribution is 2.30. The summed E-state index contributed by atoms with van der Waals surface area (Å²) in [6.45, 7) is 0.491. The molecule has 1 aliphatic heterocycles. The minimum absolute atomic E-state index is 0.0340. The molecule has 1 aromatic rings. The van der Waals surface area contributed by atoms with E-state index in [0.717, 1.165) is 25.0 Å². The van der Waals surface area contributed by atoms with Crippen molar-refractivity contribution in [2.45, 2.75) is 37.7 Å². The highest BCUT2D eigenvalue weighted by Gasteiger charge is 2.39. The molecular weight excluding hydrogens is 313 g/mol. The smallest absolute Gasteiger partial charge is 0.406 e. The first-order chi connectivity index (χ1) is 10.8. The Morgan fingerprint density at radius 2 is 1.87 bits per heavy atom. The summed E-state index contributed by atoms with van der Waals surface area (Å²) in [5.74, 6) is -0.768. The zero-order valence-corrected chi connectivity index (χ0v) is 12.1. The molecule has 3 rings (SSSR count). The van der Waals surface area contributed by atoms with Gasteiger partial charge in [0.15, 0.2) is 0 Å². The first kappa shape index (κ1) is 15.6. The molecule has 1 N–H and O–H groups in total. The van der Waals surface area contributed by atoms with Crippen LogP contribution in [-0.2, 0) is 4.79 Å². The van der Waals surface area contributed by atoms with E-state index in [9.17, 15) is 22.8 Å². The van der Waals surface area contributed by atoms with Crippen LogP contribution in [0.4, 0.5) is 13.2 Å². The Balaban J connectivity index is 1.57. The lowest BCUT2D eigenvalue weighted by molar-refractivity contribution is -0.274. The number of likely N-dealkylation sites (tertiary alicyclic amines) is 1. The van der Waals surface area contributed by atoms with Gasteiger partial charge >= 0.3 is 6.36 Å². The summed E-state index contributed by atoms with van der Waals surface area (Å²) >= 11 is 0. The fourth-order valence-electron chi connectivity index (χ4n) is 2.64. The maximum absolute atomic E-state index is 12.1. The van der Waals surface area contributed by atoms with Crippen molar-refractivity contribution in [1.82, 2.24) is 10.2 Å². The lowest BCUT2D eigenvalue weighted by Crippen LogP contribution is -2.37. The molecular formula is C15H15F3N2O3. The number of hydrogen-bond acceptors (Lipinski definition) is 3. The second kappa shape index (κ2) is 5.75. The number of halogens is 3. The molecule has 124 valence electrons. The summed E-state index contributed by atoms with van der Waals surface area (Å²) in [6.07, 6.45) is -2.49. The maximum Gasteiger partial charge on any atom is 0.573 e. The molecule has 0 aromatic heterocycles. The molecule has 5 nitrogen and oxygen atoms in total. The predicted molar refractivity (Wildman–Crippen MR) is 73.7 cm³/mol. The molecule has 0 spiro atoms. The average molecular weight is 328 g/mol. The average Bonchev–Trinajstić information content (AvgIpc) is 3.22. The van der Waals surface area contributed by atoms with Gasteiger partial charge in [-0.2, -0.15) is 0 Å². The van der Waals surface area contributed by atoms with E-state index in [0.29, 0.717) is 12.6 Å². The minimum atomic E-state index is -4.76. The van der Waals surface area contributed by atoms with Crippen LogP contribution in [-0.4, -0.2) is 41.7 Å². The van der Waals surface area contributed by atoms with Crippen LogP contribution in [0.2, 0.25) is 0 Å². The first-order valence-corrected chi connectivity index (χ1v) is 7.28. The van der Waals surface area contributed by atoms with Crippen LogP contribution >= 0.6 is 0 Å². The zero-order chi connectivity index (χ0) is 16.6. The second-order valence-electron chi connectivity index (χ2n) is 5.72. The Morgan fingerprint density at radius 1 is 1.22 bits per heavy atom. The summed E-state index contributed by atoms with van der Waals surface area (Å²) in [5.41, 5.74) is 0.219. The fraction of sp³-hybridized carbons (Fsp3) is 0.467. The topological polar surface area (TPSA) is 58.6 Å². The van der Waals surface area contributed by atoms with Gasteiger partial charge < -0.3 is 15.0 Å². The lowest BCUT2D eigenvalue weighted by atomic mass is 10.2. The Kier molecular flexibility index (Phi) is 3.91. The van der Waals surface area contributed by atoms with Crippen LogP contribution in [0.5, 0.6) is 5.75 Å². The van der Waals surface area contributed by atoms with Gasteiger partial charge in [0, 0.05) is 24.6 Å². The van der Waals surface area contributed by atoms with Crippen LogP contribution in [0.15, 0.2) is 24.3 Å². The highest BCUT2D eigenvalue weighted by atomic mass is 19.4. The van der Waals surface area contributed by atoms with Gasteiger partial charge in [0.1, 0.15) is 5.75 Å². The van der Waals surface area contributed by atoms with E-state index in [1.54, 1.807) is 4.90 Å². The zero-order valence-electron chi connectivity index (χ0n) is 12.1. The summed E-state index contributed by atoms with van der Waals surface area (Å²) in [7, 11) is 0. The normalized spacial score (nSPS) is 21.4. The maximum atomic E-state index is 12.1. The van der Waals surface area contributed by atoms with Gasteiger partial charge in [-0.3, -0.25) is 9.59 Å². The van der Waals surface area contributed by atoms with E-state index >= 15 is 0 Å². The number of rotatable bonds is 4. The van der Waals surface area contributed by atoms with Crippen molar-refractivity contribution in [1.29, 1.82) is 0 Å². The first-order valence-electron chi connectivity index (χ1n) is 7.28. The quantitative estimate of drug-likeness (QED) is 0.921. The highest BCUT2D eigenvalue weighted by molar-refractivity contribution is 5.95. The minimum Gasteiger partial charge on any atom is -0.406 e. The Hall–Kier alpha value is -2.25. The number of carbonyl (C=O) groups excluding carboxylic acids is 2. The number of carbonyl (C=O) groups is 2. The Labute approximate surface area is 130 Å². The second-order valence-corrected chi connectivity index (χ2v) is 5.72. The Bertz CT molecular complexity index is 611. The molecule has 1 unspecified atom stereocenters. The molecule has 1 saturated carbocycles. The van der Waals surface area contributed by atoms with Crippen molar-refractivity contribution in [3.8, 4) is 5.75 Å². The molecule has 1 aromatic carbocycles. The van der Waals surface area contributed by atoms with Crippen LogP contribution in [0.3, 0.4) is 0 Å². The van der Waals surface area contributed by atoms with Gasteiger partial charge in [0.05, 0.1) is 6.04 Å². The molecule has 1 atom stereocenters. The van der Waals surface area contributed by atoms with Crippen LogP contribution < -0.4 is 10.1 Å². The SMILES string of the molecule is O=C(NC1CC(=O)N(C2CC2)C1)c1ccc(OC(F)(F)F)cc1. The van der Waals surface area contributed by atoms with Gasteiger partial charge in [-0.25, -0.2) is 0 Å². The van der Waals surface area contributed by atoms with Gasteiger partial charge in [-0.05, 0) is 37.1 Å². The van der Waals surface area contributed by atoms with Crippen molar-refractivity contribution in [2.75, 3.05) is 6.54 Å². The number of amides is 2. The fourth-order valence-corrected chi connectivity index (χ4v) is 2.64. The molecule has 2 fully saturated rings. The van der Waals surface area contributed by atoms with Gasteiger partial charge in [-0.1, -0.05) is 0 Å². The number of nitrogens with one attached hydrogen (secondary N) is 1. The molecule has 1 saturated heterocycles. The van der Waals surface area contributed by atoms with Crippen LogP contribution in [0.1, 0.15) is 29.6 Å². The van der Waals surface area contributed by atoms with E-state index in [-0.39, 0.29) is 29.7 Å². The van der Waals surface area contributed by atoms with Crippen molar-refractivity contribution in [3.05, 3.63) is 29.8 Å². The largest absolute Gasteiger partial charge is 0.573 e. The Morgan fingerprint density at radius 3 is 2.43 bits per heavy atom. The third kappa shape index (κ3) is 3.94. The van der Waals surface area contributed by atoms with Crippen LogP contribution in [0, 0.1) is 0 Å². The molecule has 8 heteroatoms. The van der Waals surface area contributed by atoms with E-state index in [4.69, 9.17) is 0 Å². The number of hydrogen-bond donors (Lipinski definition) is 1. The van der Waals surface area contributed by atoms with Crippen molar-refractivity contribution < 1.29 is 27.5 Å². The van der Waals surface area contributed by atoms with E-state index in [1.165, 1.54) is 12.1 Å². The standard InChI is InChI=1S/C15H15F3N2O3/c16-15(17,18)23-12-5-1-9(2-6-12)14(22)19-10-7-13(21)20(8-10)11-3-4-11/h1-2,5-6,10-11H,3-4,7-8H2,(H,19,22). The van der Waals surface area contributed by atoms with Crippen LogP contribution in [0.25, 0.3) is 0 Å². The van der Waals surface area contributed by atoms with Gasteiger partial charge in [0.2, 0.25) is 5.91 Å². The molecule has 0 bridgehead atoms. The monoisotopic (exact) mass is 328 g/mol. The third-order valence-electron chi connectivity index (χ3n) is 3.83. The summed E-state index contributed by atoms with van der Waals surface area (Å²) in [5, 5.41) is 2.74. The molecule has 23 heavy (non-hydrogen) atoms. The lowest BCUT2D eigenvalue weighted by Gasteiger charge is -2.16. The van der Waals surface area contributed by atoms with E-state index < -0.39 is 12.3 Å². The molecule has 1 heterocycles. The number of alkyl halides is 3. The van der Waals surface area contributed by atoms with Crippen molar-refractivity contribution in [3.63, 3.8) is 0 Å². The molecule has 2 amide bonds. The van der Waals surface area contributed by atoms with Crippen molar-refractivity contribution in [2.24, 2.45) is 0 Å². The number of ether oxygens (including phenoxy) is 1. The summed E-state index contributed by atoms with van der Waals surface area (Å²) < 4.78 is 40.0. The van der Waals surface area contributed by atoms with E-state index in [2.05, 4.69) is 10.1 Å². The molecule has 0 radical (unpaired) electrons. The summed E-state index contributed by atoms with van der Waals surface area (Å²) in [6, 6.07) is 4.72. The molecule has 1 aliphatic carbocycles. The van der Waals surface area contributed by atoms with E-state index in [1.807, 2.05) is 0 Å². The molecule has 2 aliphatic rings. The van der Waals surface area contributed by atoms with Crippen molar-refractivity contribution >= 4 is 11.8 Å². The number of benzene rings is 1.